The maximum absolute atomic E-state index is 12.3. The van der Waals surface area contributed by atoms with Crippen molar-refractivity contribution in [2.75, 3.05) is 31.2 Å². The Balaban J connectivity index is 1.62. The number of carbonyl (C=O) groups excluding carboxylic acids is 1. The molecule has 21 heavy (non-hydrogen) atoms. The SMILES string of the molecule is C[C@@H]1CN(CC(=O)NC2CCOCC2)c2ccccc2S1. The Labute approximate surface area is 130 Å². The number of rotatable bonds is 3. The molecule has 0 spiro atoms. The number of nitrogens with one attached hydrogen (secondary N) is 1. The molecule has 3 rings (SSSR count). The quantitative estimate of drug-likeness (QED) is 0.930. The second-order valence-electron chi connectivity index (χ2n) is 5.73. The van der Waals surface area contributed by atoms with E-state index in [2.05, 4.69) is 35.3 Å². The van der Waals surface area contributed by atoms with Gasteiger partial charge in [-0.1, -0.05) is 19.1 Å². The van der Waals surface area contributed by atoms with Crippen LogP contribution in [0, 0.1) is 0 Å². The number of nitrogens with zero attached hydrogens (tertiary/aromatic N) is 1. The molecule has 1 fully saturated rings. The van der Waals surface area contributed by atoms with E-state index >= 15 is 0 Å². The van der Waals surface area contributed by atoms with Gasteiger partial charge in [-0.2, -0.15) is 0 Å². The highest BCUT2D eigenvalue weighted by Gasteiger charge is 2.24. The first-order valence-corrected chi connectivity index (χ1v) is 8.48. The predicted octanol–water partition coefficient (Wildman–Crippen LogP) is 2.28. The highest BCUT2D eigenvalue weighted by Crippen LogP contribution is 2.37. The first-order valence-electron chi connectivity index (χ1n) is 7.60. The van der Waals surface area contributed by atoms with E-state index < -0.39 is 0 Å². The lowest BCUT2D eigenvalue weighted by Crippen LogP contribution is -2.46. The van der Waals surface area contributed by atoms with Gasteiger partial charge in [-0.3, -0.25) is 4.79 Å². The first-order chi connectivity index (χ1) is 10.2. The second-order valence-corrected chi connectivity index (χ2v) is 7.21. The zero-order valence-corrected chi connectivity index (χ0v) is 13.2. The van der Waals surface area contributed by atoms with Crippen LogP contribution in [0.2, 0.25) is 0 Å². The summed E-state index contributed by atoms with van der Waals surface area (Å²) in [7, 11) is 0. The van der Waals surface area contributed by atoms with Crippen molar-refractivity contribution in [1.82, 2.24) is 5.32 Å². The van der Waals surface area contributed by atoms with Crippen molar-refractivity contribution in [2.45, 2.75) is 36.0 Å². The van der Waals surface area contributed by atoms with Gasteiger partial charge in [0.25, 0.3) is 0 Å². The van der Waals surface area contributed by atoms with E-state index in [-0.39, 0.29) is 11.9 Å². The molecule has 2 aliphatic rings. The minimum Gasteiger partial charge on any atom is -0.381 e. The van der Waals surface area contributed by atoms with Crippen molar-refractivity contribution in [3.63, 3.8) is 0 Å². The van der Waals surface area contributed by atoms with Gasteiger partial charge in [-0.15, -0.1) is 11.8 Å². The molecule has 1 aromatic rings. The average molecular weight is 306 g/mol. The van der Waals surface area contributed by atoms with Crippen LogP contribution in [-0.4, -0.2) is 43.5 Å². The van der Waals surface area contributed by atoms with Gasteiger partial charge in [0.2, 0.25) is 5.91 Å². The topological polar surface area (TPSA) is 41.6 Å². The van der Waals surface area contributed by atoms with Gasteiger partial charge in [0.05, 0.1) is 12.2 Å². The fourth-order valence-electron chi connectivity index (χ4n) is 2.92. The molecular weight excluding hydrogens is 284 g/mol. The Morgan fingerprint density at radius 3 is 2.95 bits per heavy atom. The molecule has 1 atom stereocenters. The summed E-state index contributed by atoms with van der Waals surface area (Å²) >= 11 is 1.89. The Kier molecular flexibility index (Phi) is 4.70. The van der Waals surface area contributed by atoms with Gasteiger partial charge < -0.3 is 15.0 Å². The fraction of sp³-hybridized carbons (Fsp3) is 0.562. The lowest BCUT2D eigenvalue weighted by molar-refractivity contribution is -0.121. The molecule has 114 valence electrons. The third-order valence-corrected chi connectivity index (χ3v) is 5.08. The number of thioether (sulfide) groups is 1. The normalized spacial score (nSPS) is 22.7. The maximum atomic E-state index is 12.3. The van der Waals surface area contributed by atoms with Crippen LogP contribution in [-0.2, 0) is 9.53 Å². The van der Waals surface area contributed by atoms with Crippen molar-refractivity contribution in [3.8, 4) is 0 Å². The van der Waals surface area contributed by atoms with Gasteiger partial charge in [0.15, 0.2) is 0 Å². The van der Waals surface area contributed by atoms with Gasteiger partial charge in [-0.25, -0.2) is 0 Å². The van der Waals surface area contributed by atoms with E-state index in [0.29, 0.717) is 11.8 Å². The second kappa shape index (κ2) is 6.71. The molecular formula is C16H22N2O2S. The average Bonchev–Trinajstić information content (AvgIpc) is 2.48. The van der Waals surface area contributed by atoms with Gasteiger partial charge >= 0.3 is 0 Å². The summed E-state index contributed by atoms with van der Waals surface area (Å²) in [6.45, 7) is 5.09. The predicted molar refractivity (Wildman–Crippen MR) is 86.0 cm³/mol. The summed E-state index contributed by atoms with van der Waals surface area (Å²) in [4.78, 5) is 15.8. The Bertz CT molecular complexity index is 503. The number of benzene rings is 1. The zero-order valence-electron chi connectivity index (χ0n) is 12.4. The molecule has 2 aliphatic heterocycles. The Morgan fingerprint density at radius 1 is 1.38 bits per heavy atom. The molecule has 0 bridgehead atoms. The molecule has 1 saturated heterocycles. The highest BCUT2D eigenvalue weighted by molar-refractivity contribution is 8.00. The summed E-state index contributed by atoms with van der Waals surface area (Å²) in [5, 5.41) is 3.65. The third kappa shape index (κ3) is 3.71. The van der Waals surface area contributed by atoms with Crippen molar-refractivity contribution in [2.24, 2.45) is 0 Å². The first kappa shape index (κ1) is 14.7. The molecule has 5 heteroatoms. The lowest BCUT2D eigenvalue weighted by Gasteiger charge is -2.34. The number of carbonyl (C=O) groups is 1. The number of para-hydroxylation sites is 1. The summed E-state index contributed by atoms with van der Waals surface area (Å²) in [5.74, 6) is 0.121. The number of anilines is 1. The van der Waals surface area contributed by atoms with Crippen molar-refractivity contribution < 1.29 is 9.53 Å². The number of hydrogen-bond acceptors (Lipinski definition) is 4. The number of fused-ring (bicyclic) bond motifs is 1. The molecule has 0 aliphatic carbocycles. The third-order valence-electron chi connectivity index (χ3n) is 3.93. The molecule has 4 nitrogen and oxygen atoms in total. The summed E-state index contributed by atoms with van der Waals surface area (Å²) in [6.07, 6.45) is 1.85. The maximum Gasteiger partial charge on any atom is 0.239 e. The summed E-state index contributed by atoms with van der Waals surface area (Å²) in [5.41, 5.74) is 1.18. The number of amides is 1. The Hall–Kier alpha value is -1.20. The smallest absolute Gasteiger partial charge is 0.239 e. The zero-order chi connectivity index (χ0) is 14.7. The van der Waals surface area contributed by atoms with Gasteiger partial charge in [-0.05, 0) is 25.0 Å². The van der Waals surface area contributed by atoms with E-state index in [1.165, 1.54) is 10.6 Å². The van der Waals surface area contributed by atoms with Crippen LogP contribution < -0.4 is 10.2 Å². The highest BCUT2D eigenvalue weighted by atomic mass is 32.2. The van der Waals surface area contributed by atoms with Crippen LogP contribution >= 0.6 is 11.8 Å². The standard InChI is InChI=1S/C16H22N2O2S/c1-12-10-18(14-4-2-3-5-15(14)21-12)11-16(19)17-13-6-8-20-9-7-13/h2-5,12-13H,6-11H2,1H3,(H,17,19)/t12-/m1/s1. The van der Waals surface area contributed by atoms with E-state index in [1.807, 2.05) is 17.8 Å². The molecule has 1 amide bonds. The van der Waals surface area contributed by atoms with Crippen LogP contribution in [0.3, 0.4) is 0 Å². The minimum absolute atomic E-state index is 0.121. The monoisotopic (exact) mass is 306 g/mol. The molecule has 1 aromatic carbocycles. The van der Waals surface area contributed by atoms with Crippen molar-refractivity contribution in [3.05, 3.63) is 24.3 Å². The molecule has 1 N–H and O–H groups in total. The molecule has 0 radical (unpaired) electrons. The molecule has 0 unspecified atom stereocenters. The van der Waals surface area contributed by atoms with Gasteiger partial charge in [0.1, 0.15) is 0 Å². The van der Waals surface area contributed by atoms with Crippen molar-refractivity contribution >= 4 is 23.4 Å². The number of ether oxygens (including phenoxy) is 1. The van der Waals surface area contributed by atoms with Crippen LogP contribution in [0.5, 0.6) is 0 Å². The van der Waals surface area contributed by atoms with Crippen LogP contribution in [0.15, 0.2) is 29.2 Å². The number of hydrogen-bond donors (Lipinski definition) is 1. The van der Waals surface area contributed by atoms with Gasteiger partial charge in [0, 0.05) is 35.9 Å². The van der Waals surface area contributed by atoms with E-state index in [0.717, 1.165) is 32.6 Å². The fourth-order valence-corrected chi connectivity index (χ4v) is 4.08. The van der Waals surface area contributed by atoms with Crippen LogP contribution in [0.4, 0.5) is 5.69 Å². The molecule has 0 aromatic heterocycles. The largest absolute Gasteiger partial charge is 0.381 e. The lowest BCUT2D eigenvalue weighted by atomic mass is 10.1. The molecule has 2 heterocycles. The van der Waals surface area contributed by atoms with E-state index in [4.69, 9.17) is 4.74 Å². The summed E-state index contributed by atoms with van der Waals surface area (Å²) < 4.78 is 5.33. The molecule has 0 saturated carbocycles. The van der Waals surface area contributed by atoms with Crippen LogP contribution in [0.1, 0.15) is 19.8 Å². The Morgan fingerprint density at radius 2 is 2.14 bits per heavy atom. The van der Waals surface area contributed by atoms with Crippen LogP contribution in [0.25, 0.3) is 0 Å². The minimum atomic E-state index is 0.121. The summed E-state index contributed by atoms with van der Waals surface area (Å²) in [6, 6.07) is 8.62. The van der Waals surface area contributed by atoms with E-state index in [1.54, 1.807) is 0 Å². The van der Waals surface area contributed by atoms with Crippen molar-refractivity contribution in [1.29, 1.82) is 0 Å². The van der Waals surface area contributed by atoms with E-state index in [9.17, 15) is 4.79 Å².